The van der Waals surface area contributed by atoms with E-state index in [1.54, 1.807) is 54.7 Å². The zero-order valence-corrected chi connectivity index (χ0v) is 40.7. The predicted octanol–water partition coefficient (Wildman–Crippen LogP) is -4.10. The molecule has 2 aromatic carbocycles. The van der Waals surface area contributed by atoms with Gasteiger partial charge < -0.3 is 84.4 Å². The lowest BCUT2D eigenvalue weighted by Crippen LogP contribution is -2.61. The third-order valence-corrected chi connectivity index (χ3v) is 11.7. The lowest BCUT2D eigenvalue weighted by molar-refractivity contribution is -0.142. The van der Waals surface area contributed by atoms with Crippen LogP contribution in [-0.4, -0.2) is 163 Å². The maximum absolute atomic E-state index is 14.3. The Morgan fingerprint density at radius 3 is 1.35 bits per heavy atom. The van der Waals surface area contributed by atoms with Gasteiger partial charge in [0.1, 0.15) is 54.4 Å². The summed E-state index contributed by atoms with van der Waals surface area (Å²) in [6.45, 7) is 3.88. The smallest absolute Gasteiger partial charge is 0.326 e. The highest BCUT2D eigenvalue weighted by atomic mass is 16.4. The molecular formula is C47H62N12O15. The first-order chi connectivity index (χ1) is 34.9. The second-order valence-corrected chi connectivity index (χ2v) is 17.5. The molecule has 0 radical (unpaired) electrons. The third kappa shape index (κ3) is 16.6. The van der Waals surface area contributed by atoms with Crippen molar-refractivity contribution in [1.29, 1.82) is 0 Å². The van der Waals surface area contributed by atoms with Gasteiger partial charge >= 0.3 is 11.9 Å². The molecule has 18 N–H and O–H groups in total. The van der Waals surface area contributed by atoms with E-state index in [1.807, 2.05) is 0 Å². The number of fused-ring (bicyclic) bond motifs is 2. The summed E-state index contributed by atoms with van der Waals surface area (Å²) in [5.41, 5.74) is 13.0. The van der Waals surface area contributed by atoms with Gasteiger partial charge in [-0.15, -0.1) is 0 Å². The number of carbonyl (C=O) groups is 11. The number of aromatic nitrogens is 2. The molecule has 9 amide bonds. The topological polar surface area (TPSA) is 449 Å². The van der Waals surface area contributed by atoms with Gasteiger partial charge in [0.25, 0.3) is 0 Å². The fourth-order valence-corrected chi connectivity index (χ4v) is 7.37. The number of carbonyl (C=O) groups excluding carboxylic acids is 9. The Balaban J connectivity index is 1.57. The average Bonchev–Trinajstić information content (AvgIpc) is 3.96. The highest BCUT2D eigenvalue weighted by molar-refractivity contribution is 5.99. The van der Waals surface area contributed by atoms with Crippen molar-refractivity contribution in [3.05, 3.63) is 72.1 Å². The number of hydrogen-bond acceptors (Lipinski definition) is 14. The first kappa shape index (κ1) is 58.1. The van der Waals surface area contributed by atoms with Crippen molar-refractivity contribution >= 4 is 86.9 Å². The van der Waals surface area contributed by atoms with E-state index in [4.69, 9.17) is 11.5 Å². The number of aromatic amines is 2. The zero-order chi connectivity index (χ0) is 55.0. The maximum atomic E-state index is 14.3. The molecule has 0 aliphatic rings. The summed E-state index contributed by atoms with van der Waals surface area (Å²) in [5, 5.41) is 59.4. The van der Waals surface area contributed by atoms with Crippen LogP contribution in [0, 0.1) is 0 Å². The molecule has 0 saturated carbocycles. The zero-order valence-electron chi connectivity index (χ0n) is 40.7. The number of amides is 9. The minimum Gasteiger partial charge on any atom is -0.481 e. The molecule has 4 aromatic rings. The molecule has 10 atom stereocenters. The Hall–Kier alpha value is -8.43. The number of primary amides is 1. The Kier molecular flexibility index (Phi) is 21.1. The molecule has 10 unspecified atom stereocenters. The lowest BCUT2D eigenvalue weighted by Gasteiger charge is -2.26. The molecule has 400 valence electrons. The Morgan fingerprint density at radius 2 is 0.905 bits per heavy atom. The molecule has 74 heavy (non-hydrogen) atoms. The number of carboxylic acids is 2. The summed E-state index contributed by atoms with van der Waals surface area (Å²) in [6.07, 6.45) is -0.424. The lowest BCUT2D eigenvalue weighted by atomic mass is 10.0. The first-order valence-corrected chi connectivity index (χ1v) is 23.2. The molecule has 0 saturated heterocycles. The van der Waals surface area contributed by atoms with Crippen LogP contribution in [0.4, 0.5) is 0 Å². The van der Waals surface area contributed by atoms with Crippen molar-refractivity contribution in [2.45, 2.75) is 120 Å². The van der Waals surface area contributed by atoms with Crippen LogP contribution in [0.15, 0.2) is 60.9 Å². The quantitative estimate of drug-likeness (QED) is 0.0257. The Labute approximate surface area is 422 Å². The highest BCUT2D eigenvalue weighted by Crippen LogP contribution is 2.21. The van der Waals surface area contributed by atoms with E-state index in [1.165, 1.54) is 33.9 Å². The van der Waals surface area contributed by atoms with Gasteiger partial charge in [0.05, 0.1) is 19.1 Å². The van der Waals surface area contributed by atoms with Crippen LogP contribution in [0.25, 0.3) is 21.8 Å². The molecule has 27 heteroatoms. The molecule has 0 aliphatic heterocycles. The van der Waals surface area contributed by atoms with Crippen molar-refractivity contribution in [3.63, 3.8) is 0 Å². The van der Waals surface area contributed by atoms with Gasteiger partial charge in [-0.3, -0.25) is 47.9 Å². The number of para-hydroxylation sites is 2. The average molecular weight is 1040 g/mol. The van der Waals surface area contributed by atoms with Gasteiger partial charge in [-0.05, 0) is 57.4 Å². The van der Waals surface area contributed by atoms with E-state index < -0.39 is 139 Å². The molecule has 2 aromatic heterocycles. The van der Waals surface area contributed by atoms with Crippen LogP contribution >= 0.6 is 0 Å². The monoisotopic (exact) mass is 1030 g/mol. The van der Waals surface area contributed by atoms with E-state index in [9.17, 15) is 73.2 Å². The molecule has 4 rings (SSSR count). The van der Waals surface area contributed by atoms with Crippen LogP contribution < -0.4 is 54.0 Å². The molecule has 0 fully saturated rings. The first-order valence-electron chi connectivity index (χ1n) is 23.2. The normalized spacial score (nSPS) is 15.2. The number of aliphatic hydroxyl groups is 2. The summed E-state index contributed by atoms with van der Waals surface area (Å²) in [7, 11) is 0. The number of nitrogens with two attached hydrogens (primary N) is 2. The van der Waals surface area contributed by atoms with E-state index in [2.05, 4.69) is 52.5 Å². The number of nitrogens with one attached hydrogen (secondary N) is 10. The molecular weight excluding hydrogens is 973 g/mol. The van der Waals surface area contributed by atoms with E-state index >= 15 is 0 Å². The minimum atomic E-state index is -1.88. The van der Waals surface area contributed by atoms with E-state index in [-0.39, 0.29) is 25.7 Å². The third-order valence-electron chi connectivity index (χ3n) is 11.7. The van der Waals surface area contributed by atoms with Crippen molar-refractivity contribution in [2.75, 3.05) is 6.61 Å². The highest BCUT2D eigenvalue weighted by Gasteiger charge is 2.35. The van der Waals surface area contributed by atoms with Crippen molar-refractivity contribution in [3.8, 4) is 0 Å². The van der Waals surface area contributed by atoms with Crippen LogP contribution in [0.5, 0.6) is 0 Å². The van der Waals surface area contributed by atoms with Gasteiger partial charge in [0, 0.05) is 53.5 Å². The largest absolute Gasteiger partial charge is 0.481 e. The van der Waals surface area contributed by atoms with Crippen molar-refractivity contribution < 1.29 is 73.2 Å². The van der Waals surface area contributed by atoms with Crippen LogP contribution in [0.1, 0.15) is 58.1 Å². The van der Waals surface area contributed by atoms with Gasteiger partial charge in [0.2, 0.25) is 53.2 Å². The van der Waals surface area contributed by atoms with Crippen LogP contribution in [0.3, 0.4) is 0 Å². The fraction of sp³-hybridized carbons (Fsp3) is 0.426. The van der Waals surface area contributed by atoms with Gasteiger partial charge in [-0.25, -0.2) is 4.79 Å². The molecule has 2 heterocycles. The predicted molar refractivity (Wildman–Crippen MR) is 262 cm³/mol. The summed E-state index contributed by atoms with van der Waals surface area (Å²) in [5.74, 6) is -12.0. The van der Waals surface area contributed by atoms with Gasteiger partial charge in [-0.2, -0.15) is 0 Å². The van der Waals surface area contributed by atoms with Crippen molar-refractivity contribution in [2.24, 2.45) is 11.5 Å². The van der Waals surface area contributed by atoms with Crippen LogP contribution in [0.2, 0.25) is 0 Å². The second-order valence-electron chi connectivity index (χ2n) is 17.5. The summed E-state index contributed by atoms with van der Waals surface area (Å²) < 4.78 is 0. The molecule has 0 aliphatic carbocycles. The summed E-state index contributed by atoms with van der Waals surface area (Å²) in [4.78, 5) is 149. The van der Waals surface area contributed by atoms with E-state index in [0.717, 1.165) is 0 Å². The minimum absolute atomic E-state index is 0.231. The number of carboxylic acid groups (broad SMARTS) is 2. The summed E-state index contributed by atoms with van der Waals surface area (Å²) >= 11 is 0. The Morgan fingerprint density at radius 1 is 0.527 bits per heavy atom. The number of rotatable bonds is 28. The van der Waals surface area contributed by atoms with E-state index in [0.29, 0.717) is 32.9 Å². The van der Waals surface area contributed by atoms with Crippen LogP contribution in [-0.2, 0) is 65.6 Å². The van der Waals surface area contributed by atoms with Gasteiger partial charge in [-0.1, -0.05) is 36.4 Å². The number of benzene rings is 2. The standard InChI is InChI=1S/C47H62N12O15/c1-21(54-46(72)38(49)24(4)61)39(65)52-22(2)41(67)56-34(17-37(63)64)44(70)57-33(16-26-19-51-30-12-8-6-10-28(26)30)43(69)59-35(20-60)45(71)58-32(15-25-18-50-29-11-7-5-9-27(25)29)42(68)53-23(3)40(66)55-31(47(73)74)13-14-36(48)62/h5-12,18-19,21-24,31-35,38,50-51,60-61H,13-17,20,49H2,1-4H3,(H2,48,62)(H,52,65)(H,53,68)(H,54,72)(H,55,66)(H,56,67)(H,57,70)(H,58,71)(H,59,69)(H,63,64)(H,73,74). The second kappa shape index (κ2) is 26.9. The van der Waals surface area contributed by atoms with Crippen molar-refractivity contribution in [1.82, 2.24) is 52.5 Å². The summed E-state index contributed by atoms with van der Waals surface area (Å²) in [6, 6.07) is -0.0895. The van der Waals surface area contributed by atoms with Gasteiger partial charge in [0.15, 0.2) is 0 Å². The maximum Gasteiger partial charge on any atom is 0.326 e. The molecule has 0 spiro atoms. The number of aliphatic hydroxyl groups excluding tert-OH is 2. The fourth-order valence-electron chi connectivity index (χ4n) is 7.37. The number of H-pyrrole nitrogens is 2. The molecule has 0 bridgehead atoms. The number of aliphatic carboxylic acids is 2. The number of hydrogen-bond donors (Lipinski definition) is 16. The molecule has 27 nitrogen and oxygen atoms in total. The SMILES string of the molecule is CC(NC(=O)C(C)NC(=O)C(N)C(C)O)C(=O)NC(CC(=O)O)C(=O)NC(Cc1c[nH]c2ccccc12)C(=O)NC(CO)C(=O)NC(Cc1c[nH]c2ccccc12)C(=O)NC(C)C(=O)NC(CCC(N)=O)C(=O)O. The Bertz CT molecular complexity index is 2720.